The number of hydrogen-bond donors (Lipinski definition) is 3. The van der Waals surface area contributed by atoms with Crippen molar-refractivity contribution in [3.63, 3.8) is 0 Å². The number of carbonyl (C=O) groups excluding carboxylic acids is 1. The molecule has 2 aromatic heterocycles. The molecular formula is C22H26ClN7O4S. The first-order valence-electron chi connectivity index (χ1n) is 10.5. The van der Waals surface area contributed by atoms with Gasteiger partial charge in [-0.25, -0.2) is 28.8 Å². The number of rotatable bonds is 9. The average Bonchev–Trinajstić information content (AvgIpc) is 2.77. The van der Waals surface area contributed by atoms with Crippen LogP contribution < -0.4 is 20.4 Å². The van der Waals surface area contributed by atoms with E-state index in [9.17, 15) is 13.2 Å². The zero-order valence-electron chi connectivity index (χ0n) is 19.9. The Kier molecular flexibility index (Phi) is 8.10. The smallest absolute Gasteiger partial charge is 0.278 e. The van der Waals surface area contributed by atoms with Crippen molar-refractivity contribution in [1.29, 1.82) is 0 Å². The fourth-order valence-corrected chi connectivity index (χ4v) is 3.78. The van der Waals surface area contributed by atoms with Crippen molar-refractivity contribution in [3.8, 4) is 0 Å². The molecule has 186 valence electrons. The van der Waals surface area contributed by atoms with Gasteiger partial charge in [-0.1, -0.05) is 11.6 Å². The van der Waals surface area contributed by atoms with Crippen molar-refractivity contribution in [2.75, 3.05) is 34.8 Å². The van der Waals surface area contributed by atoms with Crippen LogP contribution in [0, 0.1) is 13.8 Å². The lowest BCUT2D eigenvalue weighted by Gasteiger charge is -2.22. The molecule has 1 aromatic carbocycles. The highest BCUT2D eigenvalue weighted by atomic mass is 35.5. The maximum Gasteiger partial charge on any atom is 0.278 e. The van der Waals surface area contributed by atoms with E-state index in [4.69, 9.17) is 16.4 Å². The maximum atomic E-state index is 12.7. The number of sulfonamides is 1. The number of amides is 1. The second-order valence-electron chi connectivity index (χ2n) is 7.56. The van der Waals surface area contributed by atoms with Gasteiger partial charge in [0.1, 0.15) is 17.5 Å². The number of benzene rings is 1. The molecule has 1 amide bonds. The SMILES string of the molecule is CCONC(=O)c1cnc(Nc2cc(C)nc(C)n2)cc1Nc1ccc(Cl)cc1N(C)S(C)(=O)=O. The van der Waals surface area contributed by atoms with Crippen LogP contribution in [0.2, 0.25) is 5.02 Å². The van der Waals surface area contributed by atoms with Gasteiger partial charge in [-0.3, -0.25) is 13.9 Å². The second-order valence-corrected chi connectivity index (χ2v) is 10.0. The fraction of sp³-hybridized carbons (Fsp3) is 0.273. The lowest BCUT2D eigenvalue weighted by molar-refractivity contribution is 0.0365. The molecular weight excluding hydrogens is 494 g/mol. The van der Waals surface area contributed by atoms with E-state index < -0.39 is 15.9 Å². The Balaban J connectivity index is 2.06. The molecule has 0 aliphatic carbocycles. The molecule has 11 nitrogen and oxygen atoms in total. The Morgan fingerprint density at radius 1 is 1.09 bits per heavy atom. The first-order chi connectivity index (χ1) is 16.5. The van der Waals surface area contributed by atoms with Crippen LogP contribution in [0.5, 0.6) is 0 Å². The Morgan fingerprint density at radius 3 is 2.49 bits per heavy atom. The predicted octanol–water partition coefficient (Wildman–Crippen LogP) is 3.71. The molecule has 35 heavy (non-hydrogen) atoms. The lowest BCUT2D eigenvalue weighted by Crippen LogP contribution is -2.26. The summed E-state index contributed by atoms with van der Waals surface area (Å²) in [7, 11) is -2.18. The molecule has 0 spiro atoms. The van der Waals surface area contributed by atoms with E-state index in [1.165, 1.54) is 19.3 Å². The van der Waals surface area contributed by atoms with Crippen LogP contribution in [-0.4, -0.2) is 49.2 Å². The van der Waals surface area contributed by atoms with Crippen LogP contribution in [0.1, 0.15) is 28.8 Å². The number of nitrogens with one attached hydrogen (secondary N) is 3. The van der Waals surface area contributed by atoms with Gasteiger partial charge in [-0.2, -0.15) is 0 Å². The van der Waals surface area contributed by atoms with Crippen LogP contribution >= 0.6 is 11.6 Å². The minimum absolute atomic E-state index is 0.168. The molecule has 2 heterocycles. The number of aryl methyl sites for hydroxylation is 2. The van der Waals surface area contributed by atoms with Crippen molar-refractivity contribution < 1.29 is 18.0 Å². The fourth-order valence-electron chi connectivity index (χ4n) is 3.11. The van der Waals surface area contributed by atoms with Gasteiger partial charge in [-0.15, -0.1) is 0 Å². The zero-order chi connectivity index (χ0) is 25.8. The zero-order valence-corrected chi connectivity index (χ0v) is 21.5. The number of hydrogen-bond acceptors (Lipinski definition) is 9. The van der Waals surface area contributed by atoms with E-state index >= 15 is 0 Å². The van der Waals surface area contributed by atoms with Crippen molar-refractivity contribution >= 4 is 56.2 Å². The van der Waals surface area contributed by atoms with Crippen molar-refractivity contribution in [3.05, 3.63) is 58.6 Å². The van der Waals surface area contributed by atoms with Crippen LogP contribution in [0.3, 0.4) is 0 Å². The lowest BCUT2D eigenvalue weighted by atomic mass is 10.2. The Hall–Kier alpha value is -3.48. The summed E-state index contributed by atoms with van der Waals surface area (Å²) in [6.07, 6.45) is 2.45. The minimum atomic E-state index is -3.59. The molecule has 3 N–H and O–H groups in total. The number of nitrogens with zero attached hydrogens (tertiary/aromatic N) is 4. The van der Waals surface area contributed by atoms with E-state index in [2.05, 4.69) is 31.1 Å². The van der Waals surface area contributed by atoms with Crippen molar-refractivity contribution in [2.45, 2.75) is 20.8 Å². The molecule has 0 aliphatic rings. The molecule has 3 rings (SSSR count). The molecule has 0 bridgehead atoms. The average molecular weight is 520 g/mol. The summed E-state index contributed by atoms with van der Waals surface area (Å²) < 4.78 is 25.5. The molecule has 0 aliphatic heterocycles. The third-order valence-corrected chi connectivity index (χ3v) is 6.17. The van der Waals surface area contributed by atoms with E-state index in [-0.39, 0.29) is 12.2 Å². The number of pyridine rings is 1. The van der Waals surface area contributed by atoms with E-state index in [1.807, 2.05) is 6.92 Å². The monoisotopic (exact) mass is 519 g/mol. The van der Waals surface area contributed by atoms with Crippen LogP contribution in [0.25, 0.3) is 0 Å². The van der Waals surface area contributed by atoms with Gasteiger partial charge in [0, 0.05) is 36.1 Å². The maximum absolute atomic E-state index is 12.7. The first kappa shape index (κ1) is 26.1. The second kappa shape index (κ2) is 10.8. The minimum Gasteiger partial charge on any atom is -0.353 e. The van der Waals surface area contributed by atoms with Gasteiger partial charge in [0.05, 0.1) is 35.5 Å². The molecule has 3 aromatic rings. The van der Waals surface area contributed by atoms with E-state index in [1.54, 1.807) is 38.1 Å². The van der Waals surface area contributed by atoms with Gasteiger partial charge < -0.3 is 10.6 Å². The van der Waals surface area contributed by atoms with Crippen LogP contribution in [0.4, 0.5) is 28.7 Å². The number of hydroxylamine groups is 1. The number of carbonyl (C=O) groups is 1. The summed E-state index contributed by atoms with van der Waals surface area (Å²) in [5.41, 5.74) is 4.33. The highest BCUT2D eigenvalue weighted by molar-refractivity contribution is 7.92. The molecule has 0 unspecified atom stereocenters. The summed E-state index contributed by atoms with van der Waals surface area (Å²) in [5.74, 6) is 0.983. The summed E-state index contributed by atoms with van der Waals surface area (Å²) in [5, 5.41) is 6.58. The molecule has 0 saturated heterocycles. The van der Waals surface area contributed by atoms with E-state index in [0.29, 0.717) is 39.5 Å². The third kappa shape index (κ3) is 6.78. The number of halogens is 1. The number of anilines is 5. The largest absolute Gasteiger partial charge is 0.353 e. The van der Waals surface area contributed by atoms with Gasteiger partial charge in [0.25, 0.3) is 5.91 Å². The highest BCUT2D eigenvalue weighted by Crippen LogP contribution is 2.34. The topological polar surface area (TPSA) is 138 Å². The van der Waals surface area contributed by atoms with E-state index in [0.717, 1.165) is 16.3 Å². The van der Waals surface area contributed by atoms with Crippen molar-refractivity contribution in [2.24, 2.45) is 0 Å². The normalized spacial score (nSPS) is 11.1. The Morgan fingerprint density at radius 2 is 1.83 bits per heavy atom. The summed E-state index contributed by atoms with van der Waals surface area (Å²) >= 11 is 6.13. The van der Waals surface area contributed by atoms with Gasteiger partial charge in [0.2, 0.25) is 10.0 Å². The van der Waals surface area contributed by atoms with Crippen molar-refractivity contribution in [1.82, 2.24) is 20.4 Å². The van der Waals surface area contributed by atoms with Crippen LogP contribution in [0.15, 0.2) is 36.5 Å². The summed E-state index contributed by atoms with van der Waals surface area (Å²) in [6.45, 7) is 5.63. The quantitative estimate of drug-likeness (QED) is 0.361. The Labute approximate surface area is 208 Å². The molecule has 0 fully saturated rings. The van der Waals surface area contributed by atoms with Gasteiger partial charge in [0.15, 0.2) is 0 Å². The molecule has 0 atom stereocenters. The van der Waals surface area contributed by atoms with Gasteiger partial charge in [-0.05, 0) is 39.0 Å². The molecule has 0 radical (unpaired) electrons. The van der Waals surface area contributed by atoms with Crippen LogP contribution in [-0.2, 0) is 14.9 Å². The Bertz CT molecular complexity index is 1330. The highest BCUT2D eigenvalue weighted by Gasteiger charge is 2.20. The first-order valence-corrected chi connectivity index (χ1v) is 12.7. The number of aromatic nitrogens is 3. The predicted molar refractivity (Wildman–Crippen MR) is 136 cm³/mol. The third-order valence-electron chi connectivity index (χ3n) is 4.75. The van der Waals surface area contributed by atoms with Gasteiger partial charge >= 0.3 is 0 Å². The summed E-state index contributed by atoms with van der Waals surface area (Å²) in [4.78, 5) is 30.7. The summed E-state index contributed by atoms with van der Waals surface area (Å²) in [6, 6.07) is 8.10. The standard InChI is InChI=1S/C22H26ClN7O4S/c1-6-34-29-22(31)16-12-24-20(28-21-9-13(2)25-14(3)26-21)11-18(16)27-17-8-7-15(23)10-19(17)30(4)35(5,32)33/h7-12H,6H2,1-5H3,(H,29,31)(H2,24,25,26,27,28). The molecule has 0 saturated carbocycles. The molecule has 13 heteroatoms.